The fourth-order valence-corrected chi connectivity index (χ4v) is 2.96. The Morgan fingerprint density at radius 2 is 1.74 bits per heavy atom. The number of benzene rings is 1. The molecule has 1 aliphatic rings. The minimum absolute atomic E-state index is 0.322. The van der Waals surface area contributed by atoms with Crippen molar-refractivity contribution in [3.63, 3.8) is 0 Å². The molecule has 0 aromatic heterocycles. The number of hydrogen-bond acceptors (Lipinski definition) is 3. The topological polar surface area (TPSA) is 41.6 Å². The van der Waals surface area contributed by atoms with Crippen molar-refractivity contribution in [2.45, 2.75) is 57.6 Å². The van der Waals surface area contributed by atoms with E-state index < -0.39 is 36.2 Å². The molecule has 0 aliphatic carbocycles. The van der Waals surface area contributed by atoms with Crippen LogP contribution in [0.3, 0.4) is 0 Å². The lowest BCUT2D eigenvalue weighted by atomic mass is 10.0. The zero-order valence-electron chi connectivity index (χ0n) is 15.8. The van der Waals surface area contributed by atoms with Crippen molar-refractivity contribution in [2.24, 2.45) is 0 Å². The molecular weight excluding hydrogens is 364 g/mol. The van der Waals surface area contributed by atoms with Gasteiger partial charge in [-0.15, -0.1) is 0 Å². The first kappa shape index (κ1) is 21.5. The van der Waals surface area contributed by atoms with E-state index in [0.717, 1.165) is 29.2 Å². The first-order valence-electron chi connectivity index (χ1n) is 8.96. The number of halogens is 4. The Balaban J connectivity index is 2.22. The fraction of sp³-hybridized carbons (Fsp3) is 0.632. The number of nitrogens with one attached hydrogen (secondary N) is 1. The van der Waals surface area contributed by atoms with Gasteiger partial charge in [0, 0.05) is 17.2 Å². The molecule has 0 radical (unpaired) electrons. The molecule has 27 heavy (non-hydrogen) atoms. The van der Waals surface area contributed by atoms with Gasteiger partial charge < -0.3 is 10.1 Å². The van der Waals surface area contributed by atoms with Gasteiger partial charge in [0.1, 0.15) is 5.60 Å². The predicted octanol–water partition coefficient (Wildman–Crippen LogP) is 4.71. The van der Waals surface area contributed by atoms with Crippen LogP contribution in [-0.2, 0) is 10.7 Å². The molecule has 0 saturated carbocycles. The number of amides is 1. The highest BCUT2D eigenvalue weighted by Crippen LogP contribution is 2.32. The largest absolute Gasteiger partial charge is 0.444 e. The van der Waals surface area contributed by atoms with Crippen molar-refractivity contribution in [1.29, 1.82) is 0 Å². The van der Waals surface area contributed by atoms with E-state index in [1.54, 1.807) is 20.8 Å². The zero-order valence-corrected chi connectivity index (χ0v) is 15.8. The average molecular weight is 390 g/mol. The molecule has 1 aromatic rings. The molecule has 152 valence electrons. The van der Waals surface area contributed by atoms with Gasteiger partial charge in [0.2, 0.25) is 0 Å². The Morgan fingerprint density at radius 1 is 1.19 bits per heavy atom. The van der Waals surface area contributed by atoms with Gasteiger partial charge in [-0.2, -0.15) is 8.78 Å². The SMILES string of the molecule is CC(C)(C)OC(=O)N(CC(F)(F)c1ccc(C(F)F)cc1)C1CCNCC1. The minimum Gasteiger partial charge on any atom is -0.444 e. The standard InChI is InChI=1S/C19H26F4N2O2/c1-18(2,3)27-17(26)25(15-8-10-24-11-9-15)12-19(22,23)14-6-4-13(5-7-14)16(20)21/h4-7,15-16,24H,8-12H2,1-3H3. The van der Waals surface area contributed by atoms with Gasteiger partial charge in [-0.25, -0.2) is 13.6 Å². The smallest absolute Gasteiger partial charge is 0.410 e. The van der Waals surface area contributed by atoms with E-state index >= 15 is 0 Å². The molecule has 0 bridgehead atoms. The molecular formula is C19H26F4N2O2. The van der Waals surface area contributed by atoms with Crippen LogP contribution in [0.4, 0.5) is 22.4 Å². The summed E-state index contributed by atoms with van der Waals surface area (Å²) in [5, 5.41) is 3.13. The van der Waals surface area contributed by atoms with Crippen molar-refractivity contribution in [3.05, 3.63) is 35.4 Å². The third-order valence-corrected chi connectivity index (χ3v) is 4.33. The monoisotopic (exact) mass is 390 g/mol. The van der Waals surface area contributed by atoms with Crippen molar-refractivity contribution in [2.75, 3.05) is 19.6 Å². The van der Waals surface area contributed by atoms with Crippen LogP contribution in [0, 0.1) is 0 Å². The molecule has 1 N–H and O–H groups in total. The van der Waals surface area contributed by atoms with Crippen molar-refractivity contribution >= 4 is 6.09 Å². The predicted molar refractivity (Wildman–Crippen MR) is 94.1 cm³/mol. The summed E-state index contributed by atoms with van der Waals surface area (Å²) in [4.78, 5) is 13.6. The summed E-state index contributed by atoms with van der Waals surface area (Å²) in [7, 11) is 0. The number of ether oxygens (including phenoxy) is 1. The Labute approximate surface area is 156 Å². The van der Waals surface area contributed by atoms with Gasteiger partial charge in [-0.05, 0) is 46.7 Å². The third-order valence-electron chi connectivity index (χ3n) is 4.33. The lowest BCUT2D eigenvalue weighted by Crippen LogP contribution is -2.51. The molecule has 0 spiro atoms. The summed E-state index contributed by atoms with van der Waals surface area (Å²) in [6.45, 7) is 5.41. The van der Waals surface area contributed by atoms with E-state index in [2.05, 4.69) is 5.32 Å². The van der Waals surface area contributed by atoms with Gasteiger partial charge in [0.25, 0.3) is 12.3 Å². The van der Waals surface area contributed by atoms with Crippen molar-refractivity contribution < 1.29 is 27.1 Å². The molecule has 1 aliphatic heterocycles. The summed E-state index contributed by atoms with van der Waals surface area (Å²) in [5.41, 5.74) is -1.54. The van der Waals surface area contributed by atoms with Gasteiger partial charge in [0.05, 0.1) is 6.54 Å². The van der Waals surface area contributed by atoms with Gasteiger partial charge in [0.15, 0.2) is 0 Å². The zero-order chi connectivity index (χ0) is 20.2. The maximum absolute atomic E-state index is 14.8. The summed E-state index contributed by atoms with van der Waals surface area (Å²) >= 11 is 0. The lowest BCUT2D eigenvalue weighted by molar-refractivity contribution is -0.0589. The first-order chi connectivity index (χ1) is 12.5. The van der Waals surface area contributed by atoms with Crippen LogP contribution in [0.5, 0.6) is 0 Å². The molecule has 2 rings (SSSR count). The number of hydrogen-bond donors (Lipinski definition) is 1. The van der Waals surface area contributed by atoms with Crippen molar-refractivity contribution in [1.82, 2.24) is 10.2 Å². The van der Waals surface area contributed by atoms with Crippen LogP contribution in [-0.4, -0.2) is 42.3 Å². The third kappa shape index (κ3) is 6.09. The molecule has 1 heterocycles. The Bertz CT molecular complexity index is 624. The van der Waals surface area contributed by atoms with Gasteiger partial charge >= 0.3 is 6.09 Å². The summed E-state index contributed by atoms with van der Waals surface area (Å²) in [6, 6.07) is 3.56. The van der Waals surface area contributed by atoms with E-state index in [1.165, 1.54) is 0 Å². The van der Waals surface area contributed by atoms with Crippen LogP contribution in [0.1, 0.15) is 51.2 Å². The number of nitrogens with zero attached hydrogens (tertiary/aromatic N) is 1. The molecule has 0 atom stereocenters. The highest BCUT2D eigenvalue weighted by molar-refractivity contribution is 5.68. The summed E-state index contributed by atoms with van der Waals surface area (Å²) in [6.07, 6.45) is -2.43. The molecule has 4 nitrogen and oxygen atoms in total. The average Bonchev–Trinajstić information content (AvgIpc) is 2.59. The summed E-state index contributed by atoms with van der Waals surface area (Å²) in [5.74, 6) is -3.39. The minimum atomic E-state index is -3.39. The Morgan fingerprint density at radius 3 is 2.22 bits per heavy atom. The van der Waals surface area contributed by atoms with Crippen LogP contribution in [0.25, 0.3) is 0 Å². The molecule has 1 fully saturated rings. The van der Waals surface area contributed by atoms with E-state index in [0.29, 0.717) is 25.9 Å². The quantitative estimate of drug-likeness (QED) is 0.741. The van der Waals surface area contributed by atoms with Crippen LogP contribution in [0.15, 0.2) is 24.3 Å². The summed E-state index contributed by atoms with van der Waals surface area (Å²) < 4.78 is 60.3. The second kappa shape index (κ2) is 8.46. The highest BCUT2D eigenvalue weighted by Gasteiger charge is 2.40. The highest BCUT2D eigenvalue weighted by atomic mass is 19.3. The second-order valence-corrected chi connectivity index (χ2v) is 7.72. The van der Waals surface area contributed by atoms with Gasteiger partial charge in [-0.3, -0.25) is 4.90 Å². The molecule has 1 saturated heterocycles. The molecule has 1 aromatic carbocycles. The number of carbonyl (C=O) groups excluding carboxylic acids is 1. The van der Waals surface area contributed by atoms with Crippen LogP contribution in [0.2, 0.25) is 0 Å². The molecule has 8 heteroatoms. The maximum atomic E-state index is 14.8. The van der Waals surface area contributed by atoms with E-state index in [1.807, 2.05) is 0 Å². The van der Waals surface area contributed by atoms with Crippen molar-refractivity contribution in [3.8, 4) is 0 Å². The molecule has 1 amide bonds. The number of carbonyl (C=O) groups is 1. The number of alkyl halides is 4. The normalized spacial score (nSPS) is 16.4. The second-order valence-electron chi connectivity index (χ2n) is 7.72. The van der Waals surface area contributed by atoms with E-state index in [9.17, 15) is 22.4 Å². The van der Waals surface area contributed by atoms with Gasteiger partial charge in [-0.1, -0.05) is 24.3 Å². The lowest BCUT2D eigenvalue weighted by Gasteiger charge is -2.37. The van der Waals surface area contributed by atoms with Crippen LogP contribution < -0.4 is 5.32 Å². The van der Waals surface area contributed by atoms with E-state index in [-0.39, 0.29) is 11.6 Å². The van der Waals surface area contributed by atoms with E-state index in [4.69, 9.17) is 4.74 Å². The Hall–Kier alpha value is -1.83. The molecule has 0 unspecified atom stereocenters. The number of piperidine rings is 1. The fourth-order valence-electron chi connectivity index (χ4n) is 2.96. The maximum Gasteiger partial charge on any atom is 0.410 e. The first-order valence-corrected chi connectivity index (χ1v) is 8.96. The van der Waals surface area contributed by atoms with Crippen LogP contribution >= 0.6 is 0 Å². The number of rotatable bonds is 5. The Kier molecular flexibility index (Phi) is 6.72.